The van der Waals surface area contributed by atoms with Crippen LogP contribution >= 0.6 is 23.2 Å². The van der Waals surface area contributed by atoms with E-state index in [4.69, 9.17) is 23.2 Å². The lowest BCUT2D eigenvalue weighted by molar-refractivity contribution is -0.135. The third-order valence-electron chi connectivity index (χ3n) is 3.21. The zero-order valence-electron chi connectivity index (χ0n) is 11.9. The van der Waals surface area contributed by atoms with Crippen LogP contribution in [0.5, 0.6) is 0 Å². The van der Waals surface area contributed by atoms with E-state index in [2.05, 4.69) is 5.32 Å². The highest BCUT2D eigenvalue weighted by molar-refractivity contribution is 6.35. The van der Waals surface area contributed by atoms with Gasteiger partial charge in [0, 0.05) is 22.5 Å². The molecule has 21 heavy (non-hydrogen) atoms. The van der Waals surface area contributed by atoms with Gasteiger partial charge in [-0.2, -0.15) is 13.2 Å². The van der Waals surface area contributed by atoms with Gasteiger partial charge in [0.05, 0.1) is 0 Å². The molecule has 0 bridgehead atoms. The van der Waals surface area contributed by atoms with Gasteiger partial charge in [-0.25, -0.2) is 0 Å². The van der Waals surface area contributed by atoms with E-state index in [1.807, 2.05) is 6.92 Å². The fourth-order valence-corrected chi connectivity index (χ4v) is 2.70. The first kappa shape index (κ1) is 18.6. The summed E-state index contributed by atoms with van der Waals surface area (Å²) in [6, 6.07) is 5.20. The van der Waals surface area contributed by atoms with Crippen LogP contribution in [0.1, 0.15) is 38.2 Å². The zero-order valence-corrected chi connectivity index (χ0v) is 13.5. The van der Waals surface area contributed by atoms with Gasteiger partial charge in [-0.1, -0.05) is 36.2 Å². The molecule has 0 saturated heterocycles. The van der Waals surface area contributed by atoms with Crippen molar-refractivity contribution in [1.29, 1.82) is 0 Å². The Bertz CT molecular complexity index is 415. The molecule has 1 N–H and O–H groups in total. The van der Waals surface area contributed by atoms with Gasteiger partial charge >= 0.3 is 6.18 Å². The molecule has 120 valence electrons. The summed E-state index contributed by atoms with van der Waals surface area (Å²) in [6.45, 7) is 2.78. The van der Waals surface area contributed by atoms with Gasteiger partial charge in [-0.15, -0.1) is 0 Å². The first-order chi connectivity index (χ1) is 9.83. The quantitative estimate of drug-likeness (QED) is 0.645. The fourth-order valence-electron chi connectivity index (χ4n) is 2.15. The third-order valence-corrected chi connectivity index (χ3v) is 3.92. The Morgan fingerprint density at radius 2 is 1.81 bits per heavy atom. The molecule has 0 spiro atoms. The molecule has 1 aromatic carbocycles. The molecule has 0 heterocycles. The highest BCUT2D eigenvalue weighted by Gasteiger charge is 2.26. The Morgan fingerprint density at radius 3 is 2.33 bits per heavy atom. The first-order valence-electron chi connectivity index (χ1n) is 7.06. The largest absolute Gasteiger partial charge is 0.389 e. The molecule has 0 saturated carbocycles. The van der Waals surface area contributed by atoms with Gasteiger partial charge in [-0.3, -0.25) is 0 Å². The second-order valence-electron chi connectivity index (χ2n) is 5.06. The molecule has 1 nitrogen and oxygen atoms in total. The Morgan fingerprint density at radius 1 is 1.19 bits per heavy atom. The molecule has 0 aliphatic heterocycles. The predicted molar refractivity (Wildman–Crippen MR) is 82.2 cm³/mol. The number of hydrogen-bond donors (Lipinski definition) is 1. The average Bonchev–Trinajstić information content (AvgIpc) is 2.38. The Labute approximate surface area is 133 Å². The topological polar surface area (TPSA) is 12.0 Å². The maximum atomic E-state index is 12.3. The van der Waals surface area contributed by atoms with Crippen molar-refractivity contribution >= 4 is 23.2 Å². The molecule has 0 radical (unpaired) electrons. The van der Waals surface area contributed by atoms with Gasteiger partial charge in [-0.05, 0) is 49.9 Å². The van der Waals surface area contributed by atoms with Crippen molar-refractivity contribution < 1.29 is 13.2 Å². The molecule has 0 aliphatic rings. The van der Waals surface area contributed by atoms with Gasteiger partial charge in [0.15, 0.2) is 0 Å². The van der Waals surface area contributed by atoms with E-state index < -0.39 is 12.6 Å². The SMILES string of the molecule is CCCNC(CCCC(F)(F)F)Cc1c(Cl)cccc1Cl. The molecule has 0 aromatic heterocycles. The first-order valence-corrected chi connectivity index (χ1v) is 7.82. The van der Waals surface area contributed by atoms with E-state index >= 15 is 0 Å². The van der Waals surface area contributed by atoms with Crippen molar-refractivity contribution in [3.8, 4) is 0 Å². The van der Waals surface area contributed by atoms with Crippen LogP contribution < -0.4 is 5.32 Å². The van der Waals surface area contributed by atoms with E-state index in [1.54, 1.807) is 18.2 Å². The molecule has 1 atom stereocenters. The summed E-state index contributed by atoms with van der Waals surface area (Å²) in [5.41, 5.74) is 0.793. The average molecular weight is 342 g/mol. The summed E-state index contributed by atoms with van der Waals surface area (Å²) in [4.78, 5) is 0. The summed E-state index contributed by atoms with van der Waals surface area (Å²) in [5.74, 6) is 0. The van der Waals surface area contributed by atoms with Gasteiger partial charge < -0.3 is 5.32 Å². The lowest BCUT2D eigenvalue weighted by Crippen LogP contribution is -2.32. The monoisotopic (exact) mass is 341 g/mol. The zero-order chi connectivity index (χ0) is 15.9. The second kappa shape index (κ2) is 8.86. The lowest BCUT2D eigenvalue weighted by Gasteiger charge is -2.20. The molecular weight excluding hydrogens is 322 g/mol. The number of rotatable bonds is 8. The van der Waals surface area contributed by atoms with Gasteiger partial charge in [0.2, 0.25) is 0 Å². The van der Waals surface area contributed by atoms with Crippen LogP contribution in [0.15, 0.2) is 18.2 Å². The smallest absolute Gasteiger partial charge is 0.314 e. The van der Waals surface area contributed by atoms with E-state index in [0.29, 0.717) is 22.9 Å². The van der Waals surface area contributed by atoms with Crippen LogP contribution in [-0.4, -0.2) is 18.8 Å². The summed E-state index contributed by atoms with van der Waals surface area (Å²) < 4.78 is 36.8. The highest BCUT2D eigenvalue weighted by Crippen LogP contribution is 2.27. The van der Waals surface area contributed by atoms with Crippen LogP contribution in [-0.2, 0) is 6.42 Å². The molecule has 6 heteroatoms. The second-order valence-corrected chi connectivity index (χ2v) is 5.88. The van der Waals surface area contributed by atoms with Gasteiger partial charge in [0.25, 0.3) is 0 Å². The summed E-state index contributed by atoms with van der Waals surface area (Å²) >= 11 is 12.2. The number of alkyl halides is 3. The summed E-state index contributed by atoms with van der Waals surface area (Å²) in [7, 11) is 0. The lowest BCUT2D eigenvalue weighted by atomic mass is 10.0. The minimum atomic E-state index is -4.10. The molecule has 1 aromatic rings. The number of halogens is 5. The van der Waals surface area contributed by atoms with E-state index in [9.17, 15) is 13.2 Å². The maximum Gasteiger partial charge on any atom is 0.389 e. The van der Waals surface area contributed by atoms with Crippen LogP contribution in [0.2, 0.25) is 10.0 Å². The van der Waals surface area contributed by atoms with Crippen molar-refractivity contribution in [1.82, 2.24) is 5.32 Å². The maximum absolute atomic E-state index is 12.3. The van der Waals surface area contributed by atoms with Crippen molar-refractivity contribution in [3.63, 3.8) is 0 Å². The molecule has 0 aliphatic carbocycles. The number of nitrogens with one attached hydrogen (secondary N) is 1. The van der Waals surface area contributed by atoms with Crippen molar-refractivity contribution in [2.24, 2.45) is 0 Å². The Hall–Kier alpha value is -0.450. The summed E-state index contributed by atoms with van der Waals surface area (Å²) in [6.07, 6.45) is -2.85. The molecule has 0 amide bonds. The number of benzene rings is 1. The Kier molecular flexibility index (Phi) is 7.85. The highest BCUT2D eigenvalue weighted by atomic mass is 35.5. The van der Waals surface area contributed by atoms with Crippen LogP contribution in [0.25, 0.3) is 0 Å². The fraction of sp³-hybridized carbons (Fsp3) is 0.600. The standard InChI is InChI=1S/C15H20Cl2F3N/c1-2-9-21-11(5-4-8-15(18,19)20)10-12-13(16)6-3-7-14(12)17/h3,6-7,11,21H,2,4-5,8-10H2,1H3. The minimum absolute atomic E-state index is 0.0512. The molecule has 1 unspecified atom stereocenters. The van der Waals surface area contributed by atoms with Crippen LogP contribution in [0.3, 0.4) is 0 Å². The Balaban J connectivity index is 2.65. The van der Waals surface area contributed by atoms with Gasteiger partial charge in [0.1, 0.15) is 0 Å². The van der Waals surface area contributed by atoms with E-state index in [-0.39, 0.29) is 12.5 Å². The normalized spacial score (nSPS) is 13.4. The third kappa shape index (κ3) is 7.39. The van der Waals surface area contributed by atoms with Crippen molar-refractivity contribution in [2.45, 2.75) is 51.2 Å². The van der Waals surface area contributed by atoms with Crippen LogP contribution in [0, 0.1) is 0 Å². The number of hydrogen-bond acceptors (Lipinski definition) is 1. The van der Waals surface area contributed by atoms with Crippen LogP contribution in [0.4, 0.5) is 13.2 Å². The molecular formula is C15H20Cl2F3N. The van der Waals surface area contributed by atoms with Crippen molar-refractivity contribution in [2.75, 3.05) is 6.54 Å². The van der Waals surface area contributed by atoms with E-state index in [1.165, 1.54) is 0 Å². The summed E-state index contributed by atoms with van der Waals surface area (Å²) in [5, 5.41) is 4.39. The van der Waals surface area contributed by atoms with E-state index in [0.717, 1.165) is 18.5 Å². The van der Waals surface area contributed by atoms with Crippen molar-refractivity contribution in [3.05, 3.63) is 33.8 Å². The molecule has 0 fully saturated rings. The molecule has 1 rings (SSSR count). The minimum Gasteiger partial charge on any atom is -0.314 e. The predicted octanol–water partition coefficient (Wildman–Crippen LogP) is 5.64.